The maximum atomic E-state index is 13.8. The van der Waals surface area contributed by atoms with E-state index < -0.39 is 6.04 Å². The number of para-hydroxylation sites is 1. The van der Waals surface area contributed by atoms with Crippen LogP contribution in [0.2, 0.25) is 0 Å². The molecule has 5 rings (SSSR count). The zero-order valence-electron chi connectivity index (χ0n) is 19.6. The predicted molar refractivity (Wildman–Crippen MR) is 129 cm³/mol. The summed E-state index contributed by atoms with van der Waals surface area (Å²) in [5, 5.41) is 10.5. The van der Waals surface area contributed by atoms with Crippen LogP contribution in [-0.2, 0) is 11.2 Å². The summed E-state index contributed by atoms with van der Waals surface area (Å²) in [6.07, 6.45) is 0.609. The van der Waals surface area contributed by atoms with Crippen molar-refractivity contribution < 1.29 is 23.8 Å². The average molecular weight is 478 g/mol. The molecular formula is C27H28FN3O4. The molecule has 4 unspecified atom stereocenters. The van der Waals surface area contributed by atoms with E-state index in [-0.39, 0.29) is 35.5 Å². The van der Waals surface area contributed by atoms with E-state index in [1.165, 1.54) is 12.1 Å². The number of aromatic hydroxyl groups is 1. The Bertz CT molecular complexity index is 1220. The molecule has 0 bridgehead atoms. The number of likely N-dealkylation sites (tertiary alicyclic amines) is 1. The molecule has 0 saturated carbocycles. The molecule has 1 amide bonds. The van der Waals surface area contributed by atoms with E-state index in [9.17, 15) is 14.3 Å². The Morgan fingerprint density at radius 1 is 0.943 bits per heavy atom. The van der Waals surface area contributed by atoms with Gasteiger partial charge in [0.2, 0.25) is 5.91 Å². The molecule has 2 heterocycles. The number of rotatable bonds is 7. The van der Waals surface area contributed by atoms with Gasteiger partial charge in [0.25, 0.3) is 0 Å². The highest BCUT2D eigenvalue weighted by atomic mass is 19.1. The molecule has 0 spiro atoms. The molecular weight excluding hydrogens is 449 g/mol. The standard InChI is InChI=1S/C27H28FN3O4/c1-34-21-12-7-16(15-22(21)35-2)13-14-31-26(17-8-10-18(28)11-9-17)23-24(29-30-25(23)27(31)33)19-5-3-4-6-20(19)32/h3-12,15,23-26,29-30,32H,13-14H2,1-2H3. The van der Waals surface area contributed by atoms with Gasteiger partial charge in [-0.15, -0.1) is 0 Å². The van der Waals surface area contributed by atoms with Crippen molar-refractivity contribution in [2.24, 2.45) is 5.92 Å². The van der Waals surface area contributed by atoms with Gasteiger partial charge in [-0.2, -0.15) is 0 Å². The smallest absolute Gasteiger partial charge is 0.242 e. The predicted octanol–water partition coefficient (Wildman–Crippen LogP) is 3.51. The van der Waals surface area contributed by atoms with E-state index >= 15 is 0 Å². The third-order valence-electron chi connectivity index (χ3n) is 6.99. The van der Waals surface area contributed by atoms with Crippen LogP contribution < -0.4 is 20.3 Å². The Hall–Kier alpha value is -3.62. The summed E-state index contributed by atoms with van der Waals surface area (Å²) in [7, 11) is 3.18. The Morgan fingerprint density at radius 2 is 1.66 bits per heavy atom. The number of carbonyl (C=O) groups is 1. The van der Waals surface area contributed by atoms with Gasteiger partial charge in [-0.3, -0.25) is 4.79 Å². The molecule has 0 radical (unpaired) electrons. The number of amides is 1. The zero-order chi connectivity index (χ0) is 24.5. The molecule has 2 aliphatic rings. The van der Waals surface area contributed by atoms with Gasteiger partial charge >= 0.3 is 0 Å². The largest absolute Gasteiger partial charge is 0.508 e. The first kappa shape index (κ1) is 23.1. The molecule has 7 nitrogen and oxygen atoms in total. The van der Waals surface area contributed by atoms with Crippen LogP contribution >= 0.6 is 0 Å². The number of hydrogen-bond acceptors (Lipinski definition) is 6. The monoisotopic (exact) mass is 477 g/mol. The summed E-state index contributed by atoms with van der Waals surface area (Å²) in [6, 6.07) is 18.1. The molecule has 182 valence electrons. The van der Waals surface area contributed by atoms with E-state index in [1.807, 2.05) is 35.2 Å². The maximum Gasteiger partial charge on any atom is 0.242 e. The van der Waals surface area contributed by atoms with Crippen LogP contribution in [0, 0.1) is 11.7 Å². The van der Waals surface area contributed by atoms with Crippen molar-refractivity contribution >= 4 is 5.91 Å². The molecule has 0 aromatic heterocycles. The number of fused-ring (bicyclic) bond motifs is 1. The summed E-state index contributed by atoms with van der Waals surface area (Å²) in [5.74, 6) is 0.887. The van der Waals surface area contributed by atoms with Crippen molar-refractivity contribution in [2.75, 3.05) is 20.8 Å². The maximum absolute atomic E-state index is 13.8. The van der Waals surface area contributed by atoms with Gasteiger partial charge in [0.1, 0.15) is 17.6 Å². The van der Waals surface area contributed by atoms with Gasteiger partial charge in [-0.05, 0) is 47.9 Å². The fourth-order valence-corrected chi connectivity index (χ4v) is 5.31. The number of nitrogens with zero attached hydrogens (tertiary/aromatic N) is 1. The first-order valence-corrected chi connectivity index (χ1v) is 11.6. The van der Waals surface area contributed by atoms with Gasteiger partial charge < -0.3 is 19.5 Å². The van der Waals surface area contributed by atoms with Crippen LogP contribution in [0.25, 0.3) is 0 Å². The molecule has 2 fully saturated rings. The first-order valence-electron chi connectivity index (χ1n) is 11.6. The van der Waals surface area contributed by atoms with Crippen molar-refractivity contribution in [2.45, 2.75) is 24.5 Å². The minimum atomic E-state index is -0.472. The first-order chi connectivity index (χ1) is 17.0. The molecule has 2 saturated heterocycles. The highest BCUT2D eigenvalue weighted by Gasteiger charge is 2.55. The number of phenols is 1. The Labute approximate surface area is 203 Å². The molecule has 8 heteroatoms. The molecule has 3 aromatic carbocycles. The Kier molecular flexibility index (Phi) is 6.32. The van der Waals surface area contributed by atoms with Crippen molar-refractivity contribution in [1.82, 2.24) is 15.8 Å². The van der Waals surface area contributed by atoms with Crippen molar-refractivity contribution in [3.8, 4) is 17.2 Å². The van der Waals surface area contributed by atoms with Crippen LogP contribution in [0.1, 0.15) is 28.8 Å². The van der Waals surface area contributed by atoms with Crippen LogP contribution in [0.4, 0.5) is 4.39 Å². The van der Waals surface area contributed by atoms with E-state index in [4.69, 9.17) is 9.47 Å². The van der Waals surface area contributed by atoms with Crippen LogP contribution in [0.3, 0.4) is 0 Å². The lowest BCUT2D eigenvalue weighted by Crippen LogP contribution is -2.42. The minimum Gasteiger partial charge on any atom is -0.508 e. The molecule has 0 aliphatic carbocycles. The van der Waals surface area contributed by atoms with Crippen molar-refractivity contribution in [3.05, 3.63) is 89.2 Å². The number of hydrazine groups is 1. The summed E-state index contributed by atoms with van der Waals surface area (Å²) >= 11 is 0. The number of phenolic OH excluding ortho intramolecular Hbond substituents is 1. The van der Waals surface area contributed by atoms with Crippen LogP contribution in [0.15, 0.2) is 66.7 Å². The molecule has 3 N–H and O–H groups in total. The van der Waals surface area contributed by atoms with Gasteiger partial charge in [0.15, 0.2) is 11.5 Å². The van der Waals surface area contributed by atoms with Gasteiger partial charge in [-0.1, -0.05) is 36.4 Å². The average Bonchev–Trinajstić information content (AvgIpc) is 3.42. The minimum absolute atomic E-state index is 0.0322. The summed E-state index contributed by atoms with van der Waals surface area (Å²) in [6.45, 7) is 0.471. The lowest BCUT2D eigenvalue weighted by atomic mass is 9.83. The van der Waals surface area contributed by atoms with E-state index in [0.29, 0.717) is 30.0 Å². The normalized spacial score (nSPS) is 23.4. The number of benzene rings is 3. The molecule has 2 aliphatic heterocycles. The van der Waals surface area contributed by atoms with Gasteiger partial charge in [-0.25, -0.2) is 15.2 Å². The summed E-state index contributed by atoms with van der Waals surface area (Å²) < 4.78 is 24.5. The third-order valence-corrected chi connectivity index (χ3v) is 6.99. The van der Waals surface area contributed by atoms with Crippen molar-refractivity contribution in [1.29, 1.82) is 0 Å². The summed E-state index contributed by atoms with van der Waals surface area (Å²) in [4.78, 5) is 15.4. The number of methoxy groups -OCH3 is 2. The third kappa shape index (κ3) is 4.19. The number of halogens is 1. The number of carbonyl (C=O) groups excluding carboxylic acids is 1. The summed E-state index contributed by atoms with van der Waals surface area (Å²) in [5.41, 5.74) is 8.95. The van der Waals surface area contributed by atoms with Crippen LogP contribution in [0.5, 0.6) is 17.2 Å². The zero-order valence-corrected chi connectivity index (χ0v) is 19.6. The van der Waals surface area contributed by atoms with Gasteiger partial charge in [0.05, 0.1) is 26.3 Å². The Balaban J connectivity index is 1.48. The quantitative estimate of drug-likeness (QED) is 0.483. The molecule has 3 aromatic rings. The van der Waals surface area contributed by atoms with Gasteiger partial charge in [0, 0.05) is 18.0 Å². The fourth-order valence-electron chi connectivity index (χ4n) is 5.31. The second-order valence-electron chi connectivity index (χ2n) is 8.85. The van der Waals surface area contributed by atoms with E-state index in [0.717, 1.165) is 11.1 Å². The van der Waals surface area contributed by atoms with Crippen LogP contribution in [-0.4, -0.2) is 42.7 Å². The Morgan fingerprint density at radius 3 is 2.37 bits per heavy atom. The second-order valence-corrected chi connectivity index (χ2v) is 8.85. The lowest BCUT2D eigenvalue weighted by molar-refractivity contribution is -0.130. The SMILES string of the molecule is COc1ccc(CCN2C(=O)C3NNC(c4ccccc4O)C3C2c2ccc(F)cc2)cc1OC. The molecule has 35 heavy (non-hydrogen) atoms. The highest BCUT2D eigenvalue weighted by molar-refractivity contribution is 5.86. The number of hydrogen-bond donors (Lipinski definition) is 3. The number of ether oxygens (including phenoxy) is 2. The second kappa shape index (κ2) is 9.56. The van der Waals surface area contributed by atoms with E-state index in [1.54, 1.807) is 38.5 Å². The molecule has 4 atom stereocenters. The fraction of sp³-hybridized carbons (Fsp3) is 0.296. The topological polar surface area (TPSA) is 83.1 Å². The van der Waals surface area contributed by atoms with Crippen molar-refractivity contribution in [3.63, 3.8) is 0 Å². The highest BCUT2D eigenvalue weighted by Crippen LogP contribution is 2.48. The number of nitrogens with one attached hydrogen (secondary N) is 2. The van der Waals surface area contributed by atoms with E-state index in [2.05, 4.69) is 10.9 Å². The lowest BCUT2D eigenvalue weighted by Gasteiger charge is -2.31.